The van der Waals surface area contributed by atoms with E-state index >= 15 is 0 Å². The highest BCUT2D eigenvalue weighted by Crippen LogP contribution is 2.22. The fraction of sp³-hybridized carbons (Fsp3) is 0.400. The number of likely N-dealkylation sites (N-methyl/N-ethyl adjacent to an activating group) is 1. The van der Waals surface area contributed by atoms with Gasteiger partial charge in [-0.15, -0.1) is 0 Å². The lowest BCUT2D eigenvalue weighted by Gasteiger charge is -2.29. The predicted molar refractivity (Wildman–Crippen MR) is 98.6 cm³/mol. The van der Waals surface area contributed by atoms with E-state index in [2.05, 4.69) is 30.9 Å². The maximum absolute atomic E-state index is 5.96. The molecule has 24 heavy (non-hydrogen) atoms. The average molecular weight is 328 g/mol. The Morgan fingerprint density at radius 3 is 1.88 bits per heavy atom. The Morgan fingerprint density at radius 1 is 0.833 bits per heavy atom. The van der Waals surface area contributed by atoms with Crippen molar-refractivity contribution in [3.05, 3.63) is 60.2 Å². The van der Waals surface area contributed by atoms with Crippen LogP contribution in [-0.2, 0) is 0 Å². The molecule has 1 unspecified atom stereocenters. The van der Waals surface area contributed by atoms with E-state index < -0.39 is 0 Å². The number of para-hydroxylation sites is 1. The minimum absolute atomic E-state index is 0.260. The monoisotopic (exact) mass is 328 g/mol. The first-order valence-electron chi connectivity index (χ1n) is 8.63. The second kappa shape index (κ2) is 9.96. The zero-order chi connectivity index (χ0) is 17.2. The van der Waals surface area contributed by atoms with Crippen LogP contribution in [0.3, 0.4) is 0 Å². The summed E-state index contributed by atoms with van der Waals surface area (Å²) in [7, 11) is 0. The molecule has 0 fully saturated rings. The zero-order valence-corrected chi connectivity index (χ0v) is 14.7. The van der Waals surface area contributed by atoms with Crippen molar-refractivity contribution in [1.82, 2.24) is 4.90 Å². The Morgan fingerprint density at radius 2 is 1.38 bits per heavy atom. The number of nitrogens with two attached hydrogens (primary N) is 1. The molecule has 2 aromatic rings. The number of rotatable bonds is 10. The van der Waals surface area contributed by atoms with Crippen molar-refractivity contribution in [2.45, 2.75) is 19.9 Å². The molecule has 1 atom stereocenters. The van der Waals surface area contributed by atoms with Crippen LogP contribution < -0.4 is 15.2 Å². The van der Waals surface area contributed by atoms with E-state index in [9.17, 15) is 0 Å². The lowest BCUT2D eigenvalue weighted by molar-refractivity contribution is 0.216. The number of ether oxygens (including phenoxy) is 2. The second-order valence-corrected chi connectivity index (χ2v) is 5.55. The van der Waals surface area contributed by atoms with Gasteiger partial charge >= 0.3 is 0 Å². The van der Waals surface area contributed by atoms with Gasteiger partial charge in [0.15, 0.2) is 0 Å². The molecule has 0 saturated carbocycles. The van der Waals surface area contributed by atoms with Crippen molar-refractivity contribution in [1.29, 1.82) is 0 Å². The molecular formula is C20H28N2O2. The molecule has 0 aromatic heterocycles. The van der Waals surface area contributed by atoms with Crippen LogP contribution in [0.25, 0.3) is 0 Å². The summed E-state index contributed by atoms with van der Waals surface area (Å²) in [5.74, 6) is 1.71. The maximum atomic E-state index is 5.96. The van der Waals surface area contributed by atoms with E-state index in [1.807, 2.05) is 42.5 Å². The van der Waals surface area contributed by atoms with Gasteiger partial charge in [-0.2, -0.15) is 0 Å². The molecule has 4 heteroatoms. The van der Waals surface area contributed by atoms with Crippen molar-refractivity contribution >= 4 is 0 Å². The largest absolute Gasteiger partial charge is 0.490 e. The molecule has 0 aliphatic rings. The van der Waals surface area contributed by atoms with Crippen molar-refractivity contribution in [2.75, 3.05) is 32.8 Å². The molecule has 0 saturated heterocycles. The van der Waals surface area contributed by atoms with Crippen molar-refractivity contribution < 1.29 is 9.47 Å². The Labute approximate surface area is 145 Å². The van der Waals surface area contributed by atoms with Crippen LogP contribution in [-0.4, -0.2) is 37.7 Å². The highest BCUT2D eigenvalue weighted by molar-refractivity contribution is 5.29. The smallest absolute Gasteiger partial charge is 0.122 e. The number of hydrogen-bond acceptors (Lipinski definition) is 4. The van der Waals surface area contributed by atoms with Crippen LogP contribution >= 0.6 is 0 Å². The summed E-state index contributed by atoms with van der Waals surface area (Å²) in [5, 5.41) is 0. The van der Waals surface area contributed by atoms with Crippen LogP contribution in [0.1, 0.15) is 25.5 Å². The molecule has 0 radical (unpaired) electrons. The molecule has 2 N–H and O–H groups in total. The molecule has 130 valence electrons. The van der Waals surface area contributed by atoms with Gasteiger partial charge in [0, 0.05) is 12.6 Å². The first kappa shape index (κ1) is 18.3. The third-order valence-electron chi connectivity index (χ3n) is 4.11. The van der Waals surface area contributed by atoms with Crippen molar-refractivity contribution in [3.63, 3.8) is 0 Å². The van der Waals surface area contributed by atoms with Gasteiger partial charge in [0.25, 0.3) is 0 Å². The summed E-state index contributed by atoms with van der Waals surface area (Å²) in [6, 6.07) is 18.2. The minimum atomic E-state index is 0.260. The van der Waals surface area contributed by atoms with Gasteiger partial charge in [-0.3, -0.25) is 4.90 Å². The summed E-state index contributed by atoms with van der Waals surface area (Å²) in [5.41, 5.74) is 7.19. The van der Waals surface area contributed by atoms with Crippen LogP contribution in [0, 0.1) is 0 Å². The number of hydrogen-bond donors (Lipinski definition) is 1. The van der Waals surface area contributed by atoms with Gasteiger partial charge < -0.3 is 15.2 Å². The second-order valence-electron chi connectivity index (χ2n) is 5.55. The third-order valence-corrected chi connectivity index (χ3v) is 4.11. The summed E-state index contributed by atoms with van der Waals surface area (Å²) >= 11 is 0. The standard InChI is InChI=1S/C20H28N2O2/c1-3-22(4-2)20(16-21)17-10-12-19(13-11-17)24-15-14-23-18-8-6-5-7-9-18/h5-13,20H,3-4,14-16,21H2,1-2H3. The topological polar surface area (TPSA) is 47.7 Å². The molecule has 0 bridgehead atoms. The van der Waals surface area contributed by atoms with E-state index in [1.165, 1.54) is 5.56 Å². The van der Waals surface area contributed by atoms with Gasteiger partial charge in [0.2, 0.25) is 0 Å². The molecule has 0 heterocycles. The first-order valence-corrected chi connectivity index (χ1v) is 8.63. The molecule has 4 nitrogen and oxygen atoms in total. The predicted octanol–water partition coefficient (Wildman–Crippen LogP) is 3.49. The normalized spacial score (nSPS) is 12.2. The minimum Gasteiger partial charge on any atom is -0.490 e. The van der Waals surface area contributed by atoms with E-state index in [0.29, 0.717) is 19.8 Å². The molecule has 0 spiro atoms. The first-order chi connectivity index (χ1) is 11.8. The maximum Gasteiger partial charge on any atom is 0.122 e. The van der Waals surface area contributed by atoms with Gasteiger partial charge in [-0.25, -0.2) is 0 Å². The average Bonchev–Trinajstić information content (AvgIpc) is 2.65. The van der Waals surface area contributed by atoms with Gasteiger partial charge in [-0.1, -0.05) is 44.2 Å². The molecule has 2 aromatic carbocycles. The lowest BCUT2D eigenvalue weighted by Crippen LogP contribution is -2.33. The number of benzene rings is 2. The summed E-state index contributed by atoms with van der Waals surface area (Å²) in [6.45, 7) is 7.97. The SMILES string of the molecule is CCN(CC)C(CN)c1ccc(OCCOc2ccccc2)cc1. The van der Waals surface area contributed by atoms with E-state index in [0.717, 1.165) is 24.6 Å². The Bertz CT molecular complexity index is 568. The summed E-state index contributed by atoms with van der Waals surface area (Å²) in [6.07, 6.45) is 0. The fourth-order valence-electron chi connectivity index (χ4n) is 2.78. The van der Waals surface area contributed by atoms with E-state index in [4.69, 9.17) is 15.2 Å². The molecular weight excluding hydrogens is 300 g/mol. The van der Waals surface area contributed by atoms with Crippen molar-refractivity contribution in [2.24, 2.45) is 5.73 Å². The summed E-state index contributed by atoms with van der Waals surface area (Å²) in [4.78, 5) is 2.36. The highest BCUT2D eigenvalue weighted by Gasteiger charge is 2.15. The van der Waals surface area contributed by atoms with Gasteiger partial charge in [-0.05, 0) is 42.9 Å². The van der Waals surface area contributed by atoms with E-state index in [-0.39, 0.29) is 6.04 Å². The third kappa shape index (κ3) is 5.25. The molecule has 0 amide bonds. The molecule has 2 rings (SSSR count). The van der Waals surface area contributed by atoms with Gasteiger partial charge in [0.1, 0.15) is 24.7 Å². The zero-order valence-electron chi connectivity index (χ0n) is 14.7. The summed E-state index contributed by atoms with van der Waals surface area (Å²) < 4.78 is 11.4. The van der Waals surface area contributed by atoms with Crippen LogP contribution in [0.5, 0.6) is 11.5 Å². The Hall–Kier alpha value is -2.04. The number of nitrogens with zero attached hydrogens (tertiary/aromatic N) is 1. The van der Waals surface area contributed by atoms with Gasteiger partial charge in [0.05, 0.1) is 0 Å². The van der Waals surface area contributed by atoms with Crippen LogP contribution in [0.2, 0.25) is 0 Å². The van der Waals surface area contributed by atoms with Crippen LogP contribution in [0.4, 0.5) is 0 Å². The Balaban J connectivity index is 1.83. The van der Waals surface area contributed by atoms with Crippen LogP contribution in [0.15, 0.2) is 54.6 Å². The highest BCUT2D eigenvalue weighted by atomic mass is 16.5. The molecule has 0 aliphatic heterocycles. The fourth-order valence-corrected chi connectivity index (χ4v) is 2.78. The van der Waals surface area contributed by atoms with E-state index in [1.54, 1.807) is 0 Å². The lowest BCUT2D eigenvalue weighted by atomic mass is 10.1. The van der Waals surface area contributed by atoms with Crippen molar-refractivity contribution in [3.8, 4) is 11.5 Å². The Kier molecular flexibility index (Phi) is 7.59. The quantitative estimate of drug-likeness (QED) is 0.678. The molecule has 0 aliphatic carbocycles.